The normalized spacial score (nSPS) is 12.6. The van der Waals surface area contributed by atoms with Crippen molar-refractivity contribution < 1.29 is 4.52 Å². The zero-order valence-corrected chi connectivity index (χ0v) is 10.8. The first-order valence-corrected chi connectivity index (χ1v) is 6.26. The molecule has 0 saturated carbocycles. The third-order valence-electron chi connectivity index (χ3n) is 2.75. The van der Waals surface area contributed by atoms with E-state index in [2.05, 4.69) is 34.3 Å². The molecule has 0 aliphatic heterocycles. The van der Waals surface area contributed by atoms with E-state index in [0.29, 0.717) is 17.8 Å². The minimum atomic E-state index is 0.464. The summed E-state index contributed by atoms with van der Waals surface area (Å²) in [5.74, 6) is 1.31. The molecule has 2 aromatic heterocycles. The van der Waals surface area contributed by atoms with Crippen LogP contribution in [0.1, 0.15) is 26.2 Å². The number of nitrogens with zero attached hydrogens (tertiary/aromatic N) is 3. The summed E-state index contributed by atoms with van der Waals surface area (Å²) in [6.07, 6.45) is 5.23. The van der Waals surface area contributed by atoms with Gasteiger partial charge in [0.15, 0.2) is 0 Å². The summed E-state index contributed by atoms with van der Waals surface area (Å²) in [5, 5.41) is 7.33. The quantitative estimate of drug-likeness (QED) is 0.845. The van der Waals surface area contributed by atoms with Gasteiger partial charge in [0.05, 0.1) is 0 Å². The van der Waals surface area contributed by atoms with Crippen molar-refractivity contribution in [3.8, 4) is 11.4 Å². The van der Waals surface area contributed by atoms with E-state index in [9.17, 15) is 0 Å². The maximum absolute atomic E-state index is 5.24. The largest absolute Gasteiger partial charge is 0.339 e. The molecule has 5 nitrogen and oxygen atoms in total. The van der Waals surface area contributed by atoms with Crippen LogP contribution in [0.3, 0.4) is 0 Å². The molecule has 1 N–H and O–H groups in total. The number of rotatable bonds is 6. The van der Waals surface area contributed by atoms with Crippen molar-refractivity contribution in [3.63, 3.8) is 0 Å². The number of nitrogens with one attached hydrogen (secondary N) is 1. The molecule has 96 valence electrons. The molecule has 1 unspecified atom stereocenters. The number of hydrogen-bond acceptors (Lipinski definition) is 5. The molecule has 2 heterocycles. The molecule has 0 fully saturated rings. The molecule has 0 saturated heterocycles. The van der Waals surface area contributed by atoms with E-state index >= 15 is 0 Å². The van der Waals surface area contributed by atoms with Crippen LogP contribution in [0.4, 0.5) is 0 Å². The van der Waals surface area contributed by atoms with Crippen molar-refractivity contribution in [2.75, 3.05) is 6.54 Å². The molecular formula is C13H18N4O. The zero-order chi connectivity index (χ0) is 12.8. The third kappa shape index (κ3) is 3.37. The SMILES string of the molecule is CCNC(C)CCc1nc(-c2ccncc2)no1. The van der Waals surface area contributed by atoms with Gasteiger partial charge in [-0.25, -0.2) is 0 Å². The second kappa shape index (κ2) is 6.26. The lowest BCUT2D eigenvalue weighted by Gasteiger charge is -2.09. The maximum atomic E-state index is 5.24. The van der Waals surface area contributed by atoms with E-state index in [-0.39, 0.29) is 0 Å². The van der Waals surface area contributed by atoms with Gasteiger partial charge in [0.2, 0.25) is 11.7 Å². The maximum Gasteiger partial charge on any atom is 0.227 e. The lowest BCUT2D eigenvalue weighted by atomic mass is 10.2. The van der Waals surface area contributed by atoms with Crippen LogP contribution in [-0.2, 0) is 6.42 Å². The molecule has 2 rings (SSSR count). The van der Waals surface area contributed by atoms with Gasteiger partial charge >= 0.3 is 0 Å². The van der Waals surface area contributed by atoms with Gasteiger partial charge < -0.3 is 9.84 Å². The summed E-state index contributed by atoms with van der Waals surface area (Å²) < 4.78 is 5.24. The molecule has 18 heavy (non-hydrogen) atoms. The molecule has 5 heteroatoms. The van der Waals surface area contributed by atoms with Crippen molar-refractivity contribution in [2.45, 2.75) is 32.7 Å². The minimum absolute atomic E-state index is 0.464. The Hall–Kier alpha value is -1.75. The first kappa shape index (κ1) is 12.7. The van der Waals surface area contributed by atoms with E-state index in [4.69, 9.17) is 4.52 Å². The summed E-state index contributed by atoms with van der Waals surface area (Å²) in [5.41, 5.74) is 0.930. The van der Waals surface area contributed by atoms with E-state index in [1.807, 2.05) is 12.1 Å². The molecule has 0 aliphatic rings. The van der Waals surface area contributed by atoms with Crippen LogP contribution < -0.4 is 5.32 Å². The zero-order valence-electron chi connectivity index (χ0n) is 10.8. The van der Waals surface area contributed by atoms with Crippen LogP contribution in [0.2, 0.25) is 0 Å². The Bertz CT molecular complexity index is 469. The van der Waals surface area contributed by atoms with Crippen LogP contribution in [0.25, 0.3) is 11.4 Å². The number of hydrogen-bond donors (Lipinski definition) is 1. The second-order valence-corrected chi connectivity index (χ2v) is 4.25. The fourth-order valence-corrected chi connectivity index (χ4v) is 1.77. The summed E-state index contributed by atoms with van der Waals surface area (Å²) in [6.45, 7) is 5.24. The number of aryl methyl sites for hydroxylation is 1. The molecule has 0 aromatic carbocycles. The van der Waals surface area contributed by atoms with Gasteiger partial charge in [0.25, 0.3) is 0 Å². The lowest BCUT2D eigenvalue weighted by molar-refractivity contribution is 0.368. The Morgan fingerprint density at radius 1 is 1.33 bits per heavy atom. The minimum Gasteiger partial charge on any atom is -0.339 e. The third-order valence-corrected chi connectivity index (χ3v) is 2.75. The Kier molecular flexibility index (Phi) is 4.41. The Morgan fingerprint density at radius 3 is 2.83 bits per heavy atom. The molecule has 0 spiro atoms. The average molecular weight is 246 g/mol. The van der Waals surface area contributed by atoms with Crippen LogP contribution >= 0.6 is 0 Å². The van der Waals surface area contributed by atoms with Gasteiger partial charge in [-0.15, -0.1) is 0 Å². The highest BCUT2D eigenvalue weighted by Gasteiger charge is 2.09. The van der Waals surface area contributed by atoms with Gasteiger partial charge in [0.1, 0.15) is 0 Å². The van der Waals surface area contributed by atoms with Gasteiger partial charge in [-0.1, -0.05) is 12.1 Å². The average Bonchev–Trinajstić information content (AvgIpc) is 2.87. The number of pyridine rings is 1. The van der Waals surface area contributed by atoms with Crippen LogP contribution in [0, 0.1) is 0 Å². The van der Waals surface area contributed by atoms with Crippen LogP contribution in [-0.4, -0.2) is 27.7 Å². The van der Waals surface area contributed by atoms with E-state index in [0.717, 1.165) is 24.9 Å². The fourth-order valence-electron chi connectivity index (χ4n) is 1.77. The summed E-state index contributed by atoms with van der Waals surface area (Å²) >= 11 is 0. The molecule has 0 amide bonds. The molecular weight excluding hydrogens is 228 g/mol. The van der Waals surface area contributed by atoms with E-state index in [1.165, 1.54) is 0 Å². The van der Waals surface area contributed by atoms with Crippen molar-refractivity contribution in [3.05, 3.63) is 30.4 Å². The first-order valence-electron chi connectivity index (χ1n) is 6.26. The summed E-state index contributed by atoms with van der Waals surface area (Å²) in [7, 11) is 0. The van der Waals surface area contributed by atoms with E-state index < -0.39 is 0 Å². The molecule has 0 radical (unpaired) electrons. The topological polar surface area (TPSA) is 63.8 Å². The molecule has 2 aromatic rings. The molecule has 0 aliphatic carbocycles. The van der Waals surface area contributed by atoms with Gasteiger partial charge in [-0.3, -0.25) is 4.98 Å². The Balaban J connectivity index is 1.95. The fraction of sp³-hybridized carbons (Fsp3) is 0.462. The highest BCUT2D eigenvalue weighted by atomic mass is 16.5. The van der Waals surface area contributed by atoms with E-state index in [1.54, 1.807) is 12.4 Å². The van der Waals surface area contributed by atoms with Gasteiger partial charge in [0, 0.05) is 30.4 Å². The highest BCUT2D eigenvalue weighted by molar-refractivity contribution is 5.52. The monoisotopic (exact) mass is 246 g/mol. The van der Waals surface area contributed by atoms with Crippen molar-refractivity contribution in [2.24, 2.45) is 0 Å². The molecule has 1 atom stereocenters. The molecule has 0 bridgehead atoms. The summed E-state index contributed by atoms with van der Waals surface area (Å²) in [4.78, 5) is 8.34. The van der Waals surface area contributed by atoms with Crippen molar-refractivity contribution in [1.82, 2.24) is 20.4 Å². The highest BCUT2D eigenvalue weighted by Crippen LogP contribution is 2.14. The van der Waals surface area contributed by atoms with Crippen LogP contribution in [0.5, 0.6) is 0 Å². The van der Waals surface area contributed by atoms with Gasteiger partial charge in [-0.2, -0.15) is 4.98 Å². The van der Waals surface area contributed by atoms with Crippen molar-refractivity contribution in [1.29, 1.82) is 0 Å². The van der Waals surface area contributed by atoms with Gasteiger partial charge in [-0.05, 0) is 32.0 Å². The second-order valence-electron chi connectivity index (χ2n) is 4.25. The predicted octanol–water partition coefficient (Wildman–Crippen LogP) is 2.06. The summed E-state index contributed by atoms with van der Waals surface area (Å²) in [6, 6.07) is 4.21. The first-order chi connectivity index (χ1) is 8.79. The smallest absolute Gasteiger partial charge is 0.227 e. The Labute approximate surface area is 107 Å². The lowest BCUT2D eigenvalue weighted by Crippen LogP contribution is -2.25. The standard InChI is InChI=1S/C13H18N4O/c1-3-15-10(2)4-5-12-16-13(17-18-12)11-6-8-14-9-7-11/h6-10,15H,3-5H2,1-2H3. The Morgan fingerprint density at radius 2 is 2.11 bits per heavy atom. The number of aromatic nitrogens is 3. The van der Waals surface area contributed by atoms with Crippen LogP contribution in [0.15, 0.2) is 29.0 Å². The predicted molar refractivity (Wildman–Crippen MR) is 69.0 cm³/mol. The van der Waals surface area contributed by atoms with Crippen molar-refractivity contribution >= 4 is 0 Å².